The normalized spacial score (nSPS) is 16.8. The molecule has 6 atom stereocenters. The molecule has 27 nitrogen and oxygen atoms in total. The summed E-state index contributed by atoms with van der Waals surface area (Å²) in [4.78, 5) is 66.5. The van der Waals surface area contributed by atoms with E-state index in [1.807, 2.05) is 66.1 Å². The molecule has 12 aromatic rings. The van der Waals surface area contributed by atoms with Crippen LogP contribution in [0.2, 0.25) is 25.1 Å². The van der Waals surface area contributed by atoms with Gasteiger partial charge in [-0.2, -0.15) is 13.9 Å². The molecule has 4 aromatic carbocycles. The number of aromatic nitrogens is 6. The van der Waals surface area contributed by atoms with Gasteiger partial charge >= 0.3 is 5.92 Å². The molecule has 0 spiro atoms. The molecule has 144 heavy (non-hydrogen) atoms. The van der Waals surface area contributed by atoms with Gasteiger partial charge in [0.2, 0.25) is 23.6 Å². The number of carbonyl (C=O) groups is 4. The highest BCUT2D eigenvalue weighted by atomic mass is 35.5. The Morgan fingerprint density at radius 3 is 1.28 bits per heavy atom. The van der Waals surface area contributed by atoms with Crippen LogP contribution in [-0.4, -0.2) is 168 Å². The number of alkyl halides is 2. The predicted molar refractivity (Wildman–Crippen MR) is 546 cm³/mol. The van der Waals surface area contributed by atoms with E-state index in [1.54, 1.807) is 41.5 Å². The zero-order valence-corrected chi connectivity index (χ0v) is 86.7. The number of fused-ring (bicyclic) bond motifs is 4. The molecule has 3 saturated heterocycles. The first-order chi connectivity index (χ1) is 68.6. The van der Waals surface area contributed by atoms with Crippen molar-refractivity contribution in [1.82, 2.24) is 45.7 Å². The monoisotopic (exact) mass is 2100 g/mol. The molecular formula is C106H112Cl5F5N10O17S. The lowest BCUT2D eigenvalue weighted by atomic mass is 9.76. The van der Waals surface area contributed by atoms with Crippen molar-refractivity contribution in [3.05, 3.63) is 275 Å². The molecule has 4 N–H and O–H groups in total. The quantitative estimate of drug-likeness (QED) is 0.0225. The van der Waals surface area contributed by atoms with Crippen molar-refractivity contribution in [2.75, 3.05) is 102 Å². The SMILES string of the molecule is C=CC(=O)NC1CCOCC1Cc1cc2c(cn1)CC(C(C)(C)c1c(F)c(OC)cc(OC)c1Cl)=C2.C=CC(=O)NC1CCOCC1Cc1cc2cc(C(C)(C)c3c(F)c(OC)cc(OC)c3Cl)oc2cn1.C=CC(=O)NC1CCOCC1Cc1cc2cc(C(C)(C)c3c(F)c(OC)cc(OC)c3Cl)sc2cn1.C=CC(=O)Nc1cn(C)nc1Cc1cc2cc(C(F)(F)c3c(Cl)c(OC)cc(OC)c3Cl)oc2cn1. The van der Waals surface area contributed by atoms with Crippen molar-refractivity contribution in [3.63, 3.8) is 0 Å². The highest BCUT2D eigenvalue weighted by Crippen LogP contribution is 2.54. The Morgan fingerprint density at radius 1 is 0.465 bits per heavy atom. The van der Waals surface area contributed by atoms with Crippen LogP contribution >= 0.6 is 69.3 Å². The number of hydrogen-bond acceptors (Lipinski definition) is 23. The van der Waals surface area contributed by atoms with Gasteiger partial charge in [0, 0.05) is 178 Å². The maximum Gasteiger partial charge on any atom is 0.333 e. The third-order valence-corrected chi connectivity index (χ3v) is 29.4. The molecule has 3 aliphatic heterocycles. The van der Waals surface area contributed by atoms with Crippen LogP contribution in [0.3, 0.4) is 0 Å². The molecule has 0 bridgehead atoms. The second kappa shape index (κ2) is 46.8. The molecule has 38 heteroatoms. The highest BCUT2D eigenvalue weighted by molar-refractivity contribution is 7.19. The summed E-state index contributed by atoms with van der Waals surface area (Å²) in [6, 6.07) is 18.5. The first kappa shape index (κ1) is 109. The van der Waals surface area contributed by atoms with Gasteiger partial charge in [-0.15, -0.1) is 11.3 Å². The topological polar surface area (TPSA) is 314 Å². The Balaban J connectivity index is 0.000000161. The minimum absolute atomic E-state index is 0.00637. The van der Waals surface area contributed by atoms with E-state index in [0.717, 1.165) is 79.5 Å². The molecule has 16 rings (SSSR count). The number of nitrogens with one attached hydrogen (secondary N) is 4. The molecule has 11 heterocycles. The van der Waals surface area contributed by atoms with Gasteiger partial charge in [0.25, 0.3) is 0 Å². The second-order valence-corrected chi connectivity index (χ2v) is 39.2. The number of carbonyl (C=O) groups excluding carboxylic acids is 4. The van der Waals surface area contributed by atoms with Crippen LogP contribution < -0.4 is 59.2 Å². The third-order valence-electron chi connectivity index (χ3n) is 26.1. The van der Waals surface area contributed by atoms with Crippen LogP contribution in [0.15, 0.2) is 163 Å². The molecule has 4 amide bonds. The van der Waals surface area contributed by atoms with Crippen LogP contribution in [0, 0.1) is 35.2 Å². The average molecular weight is 2100 g/mol. The fourth-order valence-corrected chi connectivity index (χ4v) is 21.3. The van der Waals surface area contributed by atoms with Crippen molar-refractivity contribution in [3.8, 4) is 46.0 Å². The van der Waals surface area contributed by atoms with Crippen LogP contribution in [0.25, 0.3) is 38.1 Å². The number of ether oxygens (including phenoxy) is 11. The molecule has 8 aromatic heterocycles. The van der Waals surface area contributed by atoms with Crippen LogP contribution in [0.1, 0.15) is 139 Å². The van der Waals surface area contributed by atoms with Gasteiger partial charge in [-0.3, -0.25) is 43.8 Å². The molecule has 4 aliphatic rings. The van der Waals surface area contributed by atoms with E-state index in [0.29, 0.717) is 128 Å². The number of methoxy groups -OCH3 is 8. The van der Waals surface area contributed by atoms with Gasteiger partial charge in [-0.1, -0.05) is 124 Å². The first-order valence-corrected chi connectivity index (χ1v) is 48.5. The predicted octanol–water partition coefficient (Wildman–Crippen LogP) is 21.7. The van der Waals surface area contributed by atoms with Gasteiger partial charge < -0.3 is 82.2 Å². The minimum Gasteiger partial charge on any atom is -0.495 e. The van der Waals surface area contributed by atoms with Crippen molar-refractivity contribution in [1.29, 1.82) is 0 Å². The maximum atomic E-state index is 15.7. The van der Waals surface area contributed by atoms with Crippen molar-refractivity contribution in [2.45, 2.75) is 133 Å². The standard InChI is InChI=1S/C28H32ClFN2O4.C27H30ClFN2O5.C27H30ClFN2O4S.C24H20Cl2F2N4O4/c1-6-24(33)32-21-7-8-36-15-18(21)12-20-11-16-9-19(10-17(16)14-31-20)28(2,3)25-26(29)22(34-4)13-23(35-5)27(25)30;2*1-6-23(32)31-18-7-8-35-14-16(18)10-17-9-15-11-22(36-21(15)13-30-17)27(2,3)24-25(28)19(33-4)12-20(34-5)26(24)29;1-5-20(33)30-15-11-32(2)31-14(15)8-13-6-12-7-19(36-18(12)10-29-13)24(27,28)21-22(25)16(34-3)9-17(35-4)23(21)26/h6,9,11,13-14,18,21H,1,7-8,10,12,15H2,2-5H3,(H,32,33);2*6,9,11-13,16,18H,1,7-8,10,14H2,2-5H3,(H,31,32);5-7,9-11H,1,8H2,2-4H3,(H,30,33). The Labute approximate surface area is 859 Å². The summed E-state index contributed by atoms with van der Waals surface area (Å²) < 4.78 is 151. The molecule has 3 fully saturated rings. The number of nitrogens with zero attached hydrogens (tertiary/aromatic N) is 6. The fourth-order valence-electron chi connectivity index (χ4n) is 18.1. The Bertz CT molecular complexity index is 6570. The lowest BCUT2D eigenvalue weighted by molar-refractivity contribution is -0.119. The zero-order valence-electron chi connectivity index (χ0n) is 82.1. The molecule has 0 radical (unpaired) electrons. The Hall–Kier alpha value is -12.3. The number of anilines is 1. The molecule has 0 saturated carbocycles. The minimum atomic E-state index is -3.72. The van der Waals surface area contributed by atoms with Crippen molar-refractivity contribution >= 4 is 137 Å². The van der Waals surface area contributed by atoms with Crippen LogP contribution in [0.4, 0.5) is 27.6 Å². The number of pyridine rings is 4. The second-order valence-electron chi connectivity index (χ2n) is 36.3. The van der Waals surface area contributed by atoms with Gasteiger partial charge in [0.05, 0.1) is 141 Å². The van der Waals surface area contributed by atoms with E-state index in [2.05, 4.69) is 91.9 Å². The lowest BCUT2D eigenvalue weighted by Gasteiger charge is -2.31. The summed E-state index contributed by atoms with van der Waals surface area (Å²) in [5.41, 5.74) is 5.81. The van der Waals surface area contributed by atoms with Gasteiger partial charge in [-0.25, -0.2) is 13.2 Å². The van der Waals surface area contributed by atoms with E-state index >= 15 is 22.0 Å². The van der Waals surface area contributed by atoms with Crippen LogP contribution in [-0.2, 0) is 94.7 Å². The largest absolute Gasteiger partial charge is 0.495 e. The number of thiophene rings is 1. The average Bonchev–Trinajstić information content (AvgIpc) is 1.54. The van der Waals surface area contributed by atoms with Gasteiger partial charge in [-0.05, 0) is 142 Å². The molecular weight excluding hydrogens is 1990 g/mol. The summed E-state index contributed by atoms with van der Waals surface area (Å²) in [5, 5.41) is 18.2. The number of amides is 4. The maximum absolute atomic E-state index is 15.7. The van der Waals surface area contributed by atoms with Crippen LogP contribution in [0.5, 0.6) is 46.0 Å². The fraction of sp³-hybridized carbons (Fsp3) is 0.368. The Morgan fingerprint density at radius 2 is 0.840 bits per heavy atom. The Kier molecular flexibility index (Phi) is 35.4. The van der Waals surface area contributed by atoms with E-state index < -0.39 is 50.9 Å². The zero-order chi connectivity index (χ0) is 104. The number of benzene rings is 4. The van der Waals surface area contributed by atoms with Crippen molar-refractivity contribution < 1.29 is 102 Å². The van der Waals surface area contributed by atoms with E-state index in [-0.39, 0.29) is 131 Å². The molecule has 6 unspecified atom stereocenters. The molecule has 1 aliphatic carbocycles. The van der Waals surface area contributed by atoms with Crippen molar-refractivity contribution in [2.24, 2.45) is 24.8 Å². The summed E-state index contributed by atoms with van der Waals surface area (Å²) >= 11 is 33.7. The summed E-state index contributed by atoms with van der Waals surface area (Å²) in [6.07, 6.45) is 20.5. The summed E-state index contributed by atoms with van der Waals surface area (Å²) in [6.45, 7) is 28.9. The summed E-state index contributed by atoms with van der Waals surface area (Å²) in [7, 11) is 13.0. The number of halogens is 10. The number of aryl methyl sites for hydroxylation is 1. The lowest BCUT2D eigenvalue weighted by Crippen LogP contribution is -2.45. The number of hydrogen-bond donors (Lipinski definition) is 4. The smallest absolute Gasteiger partial charge is 0.333 e. The summed E-state index contributed by atoms with van der Waals surface area (Å²) in [5.74, 6) is -4.91. The van der Waals surface area contributed by atoms with Gasteiger partial charge in [0.1, 0.15) is 34.5 Å². The first-order valence-electron chi connectivity index (χ1n) is 45.8. The third kappa shape index (κ3) is 23.8. The number of furan rings is 2. The van der Waals surface area contributed by atoms with E-state index in [9.17, 15) is 19.2 Å². The molecule has 764 valence electrons. The van der Waals surface area contributed by atoms with E-state index in [4.69, 9.17) is 124 Å². The number of rotatable bonds is 32. The van der Waals surface area contributed by atoms with E-state index in [1.165, 1.54) is 112 Å². The van der Waals surface area contributed by atoms with Gasteiger partial charge in [0.15, 0.2) is 51.6 Å². The number of allylic oxidation sites excluding steroid dienone is 1. The highest BCUT2D eigenvalue weighted by Gasteiger charge is 2.46.